The summed E-state index contributed by atoms with van der Waals surface area (Å²) in [5.74, 6) is 0.936. The second-order valence-electron chi connectivity index (χ2n) is 12.3. The number of methoxy groups -OCH3 is 1. The number of aryl methyl sites for hydroxylation is 2. The van der Waals surface area contributed by atoms with Crippen LogP contribution in [0.25, 0.3) is 28.2 Å². The molecule has 3 heterocycles. The van der Waals surface area contributed by atoms with Crippen LogP contribution >= 0.6 is 0 Å². The number of benzene rings is 3. The zero-order valence-corrected chi connectivity index (χ0v) is 28.6. The summed E-state index contributed by atoms with van der Waals surface area (Å²) in [4.78, 5) is 46.1. The summed E-state index contributed by atoms with van der Waals surface area (Å²) in [6.07, 6.45) is 2.15. The molecule has 1 aliphatic rings. The Balaban J connectivity index is 1.20. The number of anilines is 3. The molecule has 3 amide bonds. The van der Waals surface area contributed by atoms with Crippen molar-refractivity contribution >= 4 is 51.8 Å². The van der Waals surface area contributed by atoms with E-state index in [4.69, 9.17) is 9.47 Å². The molecular formula is C37H39N7O5. The van der Waals surface area contributed by atoms with Crippen LogP contribution < -0.4 is 25.0 Å². The van der Waals surface area contributed by atoms with Gasteiger partial charge in [0.25, 0.3) is 0 Å². The number of amides is 3. The van der Waals surface area contributed by atoms with Crippen molar-refractivity contribution in [2.24, 2.45) is 7.05 Å². The van der Waals surface area contributed by atoms with E-state index in [-0.39, 0.29) is 17.4 Å². The molecule has 12 heteroatoms. The van der Waals surface area contributed by atoms with Gasteiger partial charge >= 0.3 is 6.03 Å². The van der Waals surface area contributed by atoms with Gasteiger partial charge in [0.2, 0.25) is 11.7 Å². The molecule has 252 valence electrons. The second kappa shape index (κ2) is 13.3. The number of ketones is 1. The molecule has 0 saturated carbocycles. The number of aromatic nitrogens is 3. The number of hydrogen-bond donors (Lipinski definition) is 3. The number of aromatic amines is 1. The van der Waals surface area contributed by atoms with Gasteiger partial charge in [-0.3, -0.25) is 14.3 Å². The van der Waals surface area contributed by atoms with Crippen LogP contribution in [-0.4, -0.2) is 72.2 Å². The summed E-state index contributed by atoms with van der Waals surface area (Å²) in [5.41, 5.74) is 7.27. The smallest absolute Gasteiger partial charge is 0.323 e. The topological polar surface area (TPSA) is 134 Å². The average molecular weight is 662 g/mol. The second-order valence-corrected chi connectivity index (χ2v) is 12.3. The Morgan fingerprint density at radius 1 is 1.00 bits per heavy atom. The molecule has 0 saturated heterocycles. The Morgan fingerprint density at radius 2 is 1.71 bits per heavy atom. The van der Waals surface area contributed by atoms with Crippen molar-refractivity contribution in [3.05, 3.63) is 88.9 Å². The van der Waals surface area contributed by atoms with Crippen molar-refractivity contribution in [1.29, 1.82) is 0 Å². The number of hydrogen-bond acceptors (Lipinski definition) is 7. The lowest BCUT2D eigenvalue weighted by atomic mass is 10.0. The first kappa shape index (κ1) is 33.0. The molecule has 0 radical (unpaired) electrons. The van der Waals surface area contributed by atoms with Crippen LogP contribution in [0, 0.1) is 13.8 Å². The predicted octanol–water partition coefficient (Wildman–Crippen LogP) is 6.37. The summed E-state index contributed by atoms with van der Waals surface area (Å²) < 4.78 is 13.4. The number of Topliss-reactive ketones (excluding diaryl/α,β-unsaturated/α-hetero) is 1. The average Bonchev–Trinajstić information content (AvgIpc) is 3.68. The Morgan fingerprint density at radius 3 is 2.39 bits per heavy atom. The number of H-pyrrole nitrogens is 1. The van der Waals surface area contributed by atoms with E-state index in [9.17, 15) is 14.4 Å². The predicted molar refractivity (Wildman–Crippen MR) is 192 cm³/mol. The highest BCUT2D eigenvalue weighted by molar-refractivity contribution is 6.16. The fraction of sp³-hybridized carbons (Fsp3) is 0.243. The van der Waals surface area contributed by atoms with E-state index in [1.807, 2.05) is 62.8 Å². The molecule has 0 unspecified atom stereocenters. The van der Waals surface area contributed by atoms with Crippen molar-refractivity contribution in [1.82, 2.24) is 19.7 Å². The molecule has 6 rings (SSSR count). The van der Waals surface area contributed by atoms with Crippen molar-refractivity contribution in [3.63, 3.8) is 0 Å². The van der Waals surface area contributed by atoms with E-state index in [1.165, 1.54) is 0 Å². The SMILES string of the molecule is COc1ccc2[nH]c(-c3c(C)nn(C)c3C)c(/C=C3\Oc4ccc(NC(=O)Nc5ccc(N(C)C(=O)CCN(C)C)cc5)cc4C3=O)c2c1. The van der Waals surface area contributed by atoms with Crippen LogP contribution in [-0.2, 0) is 11.8 Å². The highest BCUT2D eigenvalue weighted by Crippen LogP contribution is 2.39. The Kier molecular flexibility index (Phi) is 8.98. The number of rotatable bonds is 9. The molecular weight excluding hydrogens is 622 g/mol. The minimum atomic E-state index is -0.482. The minimum absolute atomic E-state index is 0.00102. The minimum Gasteiger partial charge on any atom is -0.497 e. The molecule has 5 aromatic rings. The van der Waals surface area contributed by atoms with Crippen molar-refractivity contribution in [2.75, 3.05) is 50.3 Å². The van der Waals surface area contributed by atoms with Crippen LogP contribution in [0.4, 0.5) is 21.9 Å². The summed E-state index contributed by atoms with van der Waals surface area (Å²) >= 11 is 0. The zero-order chi connectivity index (χ0) is 35.0. The lowest BCUT2D eigenvalue weighted by Crippen LogP contribution is -2.29. The van der Waals surface area contributed by atoms with Crippen LogP contribution in [0.1, 0.15) is 33.7 Å². The van der Waals surface area contributed by atoms with Gasteiger partial charge in [-0.25, -0.2) is 4.79 Å². The van der Waals surface area contributed by atoms with Crippen LogP contribution in [0.15, 0.2) is 66.4 Å². The molecule has 3 aromatic carbocycles. The normalized spacial score (nSPS) is 13.1. The van der Waals surface area contributed by atoms with Gasteiger partial charge in [0.15, 0.2) is 5.76 Å². The lowest BCUT2D eigenvalue weighted by Gasteiger charge is -2.19. The standard InChI is InChI=1S/C37H39N7O5/c1-21-34(22(2)44(6)41-21)35-28(27-19-26(48-7)13-14-30(27)40-35)20-32-36(46)29-18-24(10-15-31(29)49-32)39-37(47)38-23-8-11-25(12-9-23)43(5)33(45)16-17-42(3)4/h8-15,18-20,40H,16-17H2,1-7H3,(H2,38,39,47)/b32-20-. The summed E-state index contributed by atoms with van der Waals surface area (Å²) in [6, 6.07) is 17.2. The molecule has 0 aliphatic carbocycles. The van der Waals surface area contributed by atoms with E-state index in [2.05, 4.69) is 20.7 Å². The molecule has 0 bridgehead atoms. The number of nitrogens with one attached hydrogen (secondary N) is 3. The third kappa shape index (κ3) is 6.63. The summed E-state index contributed by atoms with van der Waals surface area (Å²) in [7, 11) is 9.09. The van der Waals surface area contributed by atoms with Crippen LogP contribution in [0.5, 0.6) is 11.5 Å². The van der Waals surface area contributed by atoms with Gasteiger partial charge in [-0.15, -0.1) is 0 Å². The van der Waals surface area contributed by atoms with Gasteiger partial charge < -0.3 is 34.9 Å². The van der Waals surface area contributed by atoms with E-state index in [0.717, 1.165) is 44.8 Å². The summed E-state index contributed by atoms with van der Waals surface area (Å²) in [6.45, 7) is 4.61. The third-order valence-electron chi connectivity index (χ3n) is 8.67. The molecule has 3 N–H and O–H groups in total. The molecule has 1 aliphatic heterocycles. The van der Waals surface area contributed by atoms with Gasteiger partial charge in [-0.1, -0.05) is 0 Å². The fourth-order valence-electron chi connectivity index (χ4n) is 5.89. The van der Waals surface area contributed by atoms with Crippen molar-refractivity contribution < 1.29 is 23.9 Å². The molecule has 49 heavy (non-hydrogen) atoms. The third-order valence-corrected chi connectivity index (χ3v) is 8.67. The number of ether oxygens (including phenoxy) is 2. The number of allylic oxidation sites excluding steroid dienone is 1. The first-order chi connectivity index (χ1) is 23.4. The highest BCUT2D eigenvalue weighted by Gasteiger charge is 2.29. The highest BCUT2D eigenvalue weighted by atomic mass is 16.5. The van der Waals surface area contributed by atoms with E-state index in [1.54, 1.807) is 67.6 Å². The van der Waals surface area contributed by atoms with Gasteiger partial charge in [0.05, 0.1) is 24.1 Å². The van der Waals surface area contributed by atoms with Gasteiger partial charge in [-0.2, -0.15) is 5.10 Å². The quantitative estimate of drug-likeness (QED) is 0.156. The van der Waals surface area contributed by atoms with E-state index in [0.29, 0.717) is 41.4 Å². The zero-order valence-electron chi connectivity index (χ0n) is 28.6. The van der Waals surface area contributed by atoms with Crippen LogP contribution in [0.3, 0.4) is 0 Å². The molecule has 2 aromatic heterocycles. The van der Waals surface area contributed by atoms with Crippen LogP contribution in [0.2, 0.25) is 0 Å². The van der Waals surface area contributed by atoms with Crippen molar-refractivity contribution in [3.8, 4) is 22.8 Å². The number of carbonyl (C=O) groups excluding carboxylic acids is 3. The molecule has 0 spiro atoms. The Hall–Kier alpha value is -5.88. The number of fused-ring (bicyclic) bond motifs is 2. The molecule has 0 atom stereocenters. The maximum atomic E-state index is 13.7. The Labute approximate surface area is 284 Å². The number of carbonyl (C=O) groups is 3. The fourth-order valence-corrected chi connectivity index (χ4v) is 5.89. The number of nitrogens with zero attached hydrogens (tertiary/aromatic N) is 4. The maximum absolute atomic E-state index is 13.7. The lowest BCUT2D eigenvalue weighted by molar-refractivity contribution is -0.118. The van der Waals surface area contributed by atoms with Gasteiger partial charge in [0.1, 0.15) is 11.5 Å². The largest absolute Gasteiger partial charge is 0.497 e. The first-order valence-electron chi connectivity index (χ1n) is 15.8. The molecule has 0 fully saturated rings. The van der Waals surface area contributed by atoms with Gasteiger partial charge in [0, 0.05) is 71.8 Å². The van der Waals surface area contributed by atoms with E-state index >= 15 is 0 Å². The monoisotopic (exact) mass is 661 g/mol. The summed E-state index contributed by atoms with van der Waals surface area (Å²) in [5, 5.41) is 11.0. The van der Waals surface area contributed by atoms with Gasteiger partial charge in [-0.05, 0) is 94.7 Å². The first-order valence-corrected chi connectivity index (χ1v) is 15.8. The molecule has 12 nitrogen and oxygen atoms in total. The van der Waals surface area contributed by atoms with Crippen molar-refractivity contribution in [2.45, 2.75) is 20.3 Å². The maximum Gasteiger partial charge on any atom is 0.323 e. The van der Waals surface area contributed by atoms with E-state index < -0.39 is 6.03 Å². The number of urea groups is 1. The Bertz CT molecular complexity index is 2130.